The zero-order valence-corrected chi connectivity index (χ0v) is 5.43. The molecule has 3 N–H and O–H groups in total. The van der Waals surface area contributed by atoms with Crippen molar-refractivity contribution in [1.29, 1.82) is 0 Å². The van der Waals surface area contributed by atoms with Crippen LogP contribution < -0.4 is 5.73 Å². The highest BCUT2D eigenvalue weighted by atomic mass is 16.2. The molecule has 0 aromatic carbocycles. The molecule has 0 saturated heterocycles. The summed E-state index contributed by atoms with van der Waals surface area (Å²) in [6, 6.07) is 0.546. The van der Waals surface area contributed by atoms with E-state index in [0.29, 0.717) is 6.04 Å². The number of rotatable bonds is 0. The molecule has 0 unspecified atom stereocenters. The highest BCUT2D eigenvalue weighted by molar-refractivity contribution is 4.67. The maximum absolute atomic E-state index is 7.00. The van der Waals surface area contributed by atoms with Crippen LogP contribution in [-0.2, 0) is 0 Å². The summed E-state index contributed by atoms with van der Waals surface area (Å²) in [6.45, 7) is 0. The molecule has 2 heteroatoms. The van der Waals surface area contributed by atoms with Crippen LogP contribution in [0, 0.1) is 0 Å². The van der Waals surface area contributed by atoms with Gasteiger partial charge in [0, 0.05) is 13.2 Å². The Bertz CT molecular complexity index is 41.8. The molecule has 0 amide bonds. The van der Waals surface area contributed by atoms with Crippen molar-refractivity contribution in [2.45, 2.75) is 31.7 Å². The van der Waals surface area contributed by atoms with Gasteiger partial charge in [0.05, 0.1) is 0 Å². The van der Waals surface area contributed by atoms with Crippen molar-refractivity contribution in [2.75, 3.05) is 7.11 Å². The Morgan fingerprint density at radius 2 is 1.62 bits per heavy atom. The van der Waals surface area contributed by atoms with E-state index in [9.17, 15) is 0 Å². The van der Waals surface area contributed by atoms with Crippen molar-refractivity contribution < 1.29 is 5.11 Å². The third-order valence-electron chi connectivity index (χ3n) is 1.40. The molecule has 1 rings (SSSR count). The zero-order valence-electron chi connectivity index (χ0n) is 5.43. The van der Waals surface area contributed by atoms with Gasteiger partial charge in [0.25, 0.3) is 0 Å². The molecule has 50 valence electrons. The molecule has 8 heavy (non-hydrogen) atoms. The molecule has 1 fully saturated rings. The van der Waals surface area contributed by atoms with Gasteiger partial charge in [0.1, 0.15) is 0 Å². The third-order valence-corrected chi connectivity index (χ3v) is 1.40. The second kappa shape index (κ2) is 5.06. The minimum Gasteiger partial charge on any atom is -0.400 e. The van der Waals surface area contributed by atoms with E-state index in [1.807, 2.05) is 0 Å². The van der Waals surface area contributed by atoms with Gasteiger partial charge in [0.2, 0.25) is 0 Å². The molecule has 1 aliphatic carbocycles. The van der Waals surface area contributed by atoms with E-state index in [0.717, 1.165) is 7.11 Å². The van der Waals surface area contributed by atoms with E-state index < -0.39 is 0 Å². The zero-order chi connectivity index (χ0) is 6.41. The summed E-state index contributed by atoms with van der Waals surface area (Å²) in [5.74, 6) is 0. The SMILES string of the molecule is CO.NC1CCCC1. The molecule has 2 nitrogen and oxygen atoms in total. The molecule has 1 aliphatic rings. The summed E-state index contributed by atoms with van der Waals surface area (Å²) in [6.07, 6.45) is 5.25. The van der Waals surface area contributed by atoms with Crippen LogP contribution in [0.3, 0.4) is 0 Å². The first-order chi connectivity index (χ1) is 3.89. The summed E-state index contributed by atoms with van der Waals surface area (Å²) < 4.78 is 0. The lowest BCUT2D eigenvalue weighted by Crippen LogP contribution is -2.13. The predicted molar refractivity (Wildman–Crippen MR) is 34.6 cm³/mol. The molecule has 0 aliphatic heterocycles. The van der Waals surface area contributed by atoms with Crippen molar-refractivity contribution >= 4 is 0 Å². The molecule has 0 aromatic rings. The van der Waals surface area contributed by atoms with Crippen molar-refractivity contribution in [3.63, 3.8) is 0 Å². The van der Waals surface area contributed by atoms with E-state index in [-0.39, 0.29) is 0 Å². The average Bonchev–Trinajstić information content (AvgIpc) is 2.24. The normalized spacial score (nSPS) is 19.9. The van der Waals surface area contributed by atoms with Gasteiger partial charge < -0.3 is 10.8 Å². The molecular formula is C6H15NO. The molecule has 0 aromatic heterocycles. The van der Waals surface area contributed by atoms with Crippen LogP contribution in [0.25, 0.3) is 0 Å². The number of aliphatic hydroxyl groups excluding tert-OH is 1. The molecule has 1 saturated carbocycles. The fraction of sp³-hybridized carbons (Fsp3) is 1.00. The van der Waals surface area contributed by atoms with Crippen LogP contribution >= 0.6 is 0 Å². The second-order valence-electron chi connectivity index (χ2n) is 2.04. The standard InChI is InChI=1S/C5H11N.CH4O/c6-5-3-1-2-4-5;1-2/h5H,1-4,6H2;2H,1H3. The lowest BCUT2D eigenvalue weighted by atomic mass is 10.3. The molecule has 0 heterocycles. The molecular weight excluding hydrogens is 102 g/mol. The fourth-order valence-electron chi connectivity index (χ4n) is 0.957. The van der Waals surface area contributed by atoms with Gasteiger partial charge in [-0.2, -0.15) is 0 Å². The maximum atomic E-state index is 7.00. The lowest BCUT2D eigenvalue weighted by Gasteiger charge is -1.92. The average molecular weight is 117 g/mol. The Morgan fingerprint density at radius 3 is 1.75 bits per heavy atom. The van der Waals surface area contributed by atoms with E-state index in [4.69, 9.17) is 10.8 Å². The Morgan fingerprint density at radius 1 is 1.25 bits per heavy atom. The predicted octanol–water partition coefficient (Wildman–Crippen LogP) is 0.496. The van der Waals surface area contributed by atoms with E-state index in [1.165, 1.54) is 25.7 Å². The summed E-state index contributed by atoms with van der Waals surface area (Å²) in [7, 11) is 1.00. The third kappa shape index (κ3) is 2.99. The van der Waals surface area contributed by atoms with Gasteiger partial charge in [-0.05, 0) is 12.8 Å². The van der Waals surface area contributed by atoms with Gasteiger partial charge >= 0.3 is 0 Å². The first-order valence-electron chi connectivity index (χ1n) is 3.10. The van der Waals surface area contributed by atoms with Crippen LogP contribution in [0.15, 0.2) is 0 Å². The number of hydrogen-bond donors (Lipinski definition) is 2. The Kier molecular flexibility index (Phi) is 5.01. The van der Waals surface area contributed by atoms with E-state index in [2.05, 4.69) is 0 Å². The molecule has 0 spiro atoms. The summed E-state index contributed by atoms with van der Waals surface area (Å²) >= 11 is 0. The molecule has 0 bridgehead atoms. The fourth-order valence-corrected chi connectivity index (χ4v) is 0.957. The van der Waals surface area contributed by atoms with Gasteiger partial charge in [-0.3, -0.25) is 0 Å². The maximum Gasteiger partial charge on any atom is 0.0319 e. The van der Waals surface area contributed by atoms with Crippen molar-refractivity contribution in [3.8, 4) is 0 Å². The number of nitrogens with two attached hydrogens (primary N) is 1. The van der Waals surface area contributed by atoms with Crippen molar-refractivity contribution in [2.24, 2.45) is 5.73 Å². The Hall–Kier alpha value is -0.0800. The summed E-state index contributed by atoms with van der Waals surface area (Å²) in [4.78, 5) is 0. The molecule has 0 radical (unpaired) electrons. The van der Waals surface area contributed by atoms with Crippen LogP contribution in [-0.4, -0.2) is 18.3 Å². The highest BCUT2D eigenvalue weighted by Gasteiger charge is 2.07. The van der Waals surface area contributed by atoms with Gasteiger partial charge in [-0.15, -0.1) is 0 Å². The van der Waals surface area contributed by atoms with Crippen molar-refractivity contribution in [1.82, 2.24) is 0 Å². The minimum absolute atomic E-state index is 0.546. The number of hydrogen-bond acceptors (Lipinski definition) is 2. The topological polar surface area (TPSA) is 46.2 Å². The second-order valence-corrected chi connectivity index (χ2v) is 2.04. The highest BCUT2D eigenvalue weighted by Crippen LogP contribution is 2.14. The largest absolute Gasteiger partial charge is 0.400 e. The summed E-state index contributed by atoms with van der Waals surface area (Å²) in [5, 5.41) is 7.00. The smallest absolute Gasteiger partial charge is 0.0319 e. The van der Waals surface area contributed by atoms with Gasteiger partial charge in [0.15, 0.2) is 0 Å². The molecule has 0 atom stereocenters. The van der Waals surface area contributed by atoms with Crippen molar-refractivity contribution in [3.05, 3.63) is 0 Å². The van der Waals surface area contributed by atoms with Crippen LogP contribution in [0.5, 0.6) is 0 Å². The van der Waals surface area contributed by atoms with Crippen LogP contribution in [0.1, 0.15) is 25.7 Å². The monoisotopic (exact) mass is 117 g/mol. The van der Waals surface area contributed by atoms with E-state index in [1.54, 1.807) is 0 Å². The van der Waals surface area contributed by atoms with E-state index >= 15 is 0 Å². The Balaban J connectivity index is 0.000000222. The number of aliphatic hydroxyl groups is 1. The Labute approximate surface area is 50.7 Å². The van der Waals surface area contributed by atoms with Gasteiger partial charge in [-0.25, -0.2) is 0 Å². The van der Waals surface area contributed by atoms with Crippen LogP contribution in [0.4, 0.5) is 0 Å². The quantitative estimate of drug-likeness (QED) is 0.485. The minimum atomic E-state index is 0.546. The van der Waals surface area contributed by atoms with Crippen LogP contribution in [0.2, 0.25) is 0 Å². The van der Waals surface area contributed by atoms with Gasteiger partial charge in [-0.1, -0.05) is 12.8 Å². The summed E-state index contributed by atoms with van der Waals surface area (Å²) in [5.41, 5.74) is 5.53. The lowest BCUT2D eigenvalue weighted by molar-refractivity contribution is 0.399. The first kappa shape index (κ1) is 7.92. The first-order valence-corrected chi connectivity index (χ1v) is 3.10.